The van der Waals surface area contributed by atoms with Crippen molar-refractivity contribution in [1.82, 2.24) is 10.3 Å². The van der Waals surface area contributed by atoms with Gasteiger partial charge in [-0.25, -0.2) is 4.98 Å². The number of carbonyl (C=O) groups excluding carboxylic acids is 2. The molecule has 5 nitrogen and oxygen atoms in total. The number of hydrogen-bond donors (Lipinski definition) is 2. The summed E-state index contributed by atoms with van der Waals surface area (Å²) in [5.41, 5.74) is 3.98. The van der Waals surface area contributed by atoms with E-state index in [0.717, 1.165) is 16.7 Å². The second-order valence-corrected chi connectivity index (χ2v) is 8.00. The van der Waals surface area contributed by atoms with Gasteiger partial charge in [-0.05, 0) is 30.2 Å². The minimum Gasteiger partial charge on any atom is -0.347 e. The monoisotopic (exact) mass is 427 g/mol. The molecule has 1 aromatic heterocycles. The van der Waals surface area contributed by atoms with Crippen LogP contribution >= 0.6 is 11.3 Å². The van der Waals surface area contributed by atoms with Crippen molar-refractivity contribution in [2.24, 2.45) is 0 Å². The van der Waals surface area contributed by atoms with Crippen LogP contribution in [0.4, 0.5) is 5.13 Å². The van der Waals surface area contributed by atoms with Crippen molar-refractivity contribution in [3.05, 3.63) is 106 Å². The maximum Gasteiger partial charge on any atom is 0.264 e. The van der Waals surface area contributed by atoms with Crippen LogP contribution in [-0.2, 0) is 6.54 Å². The summed E-state index contributed by atoms with van der Waals surface area (Å²) in [7, 11) is 0. The zero-order chi connectivity index (χ0) is 21.6. The van der Waals surface area contributed by atoms with Gasteiger partial charge < -0.3 is 5.32 Å². The predicted octanol–water partition coefficient (Wildman–Crippen LogP) is 5.30. The number of thiazole rings is 1. The van der Waals surface area contributed by atoms with E-state index in [9.17, 15) is 9.59 Å². The van der Waals surface area contributed by atoms with E-state index >= 15 is 0 Å². The lowest BCUT2D eigenvalue weighted by molar-refractivity contribution is 0.0954. The molecule has 0 saturated carbocycles. The summed E-state index contributed by atoms with van der Waals surface area (Å²) < 4.78 is 0. The summed E-state index contributed by atoms with van der Waals surface area (Å²) in [4.78, 5) is 30.7. The first-order valence-corrected chi connectivity index (χ1v) is 10.7. The molecule has 0 spiro atoms. The van der Waals surface area contributed by atoms with Crippen molar-refractivity contribution in [3.63, 3.8) is 0 Å². The van der Waals surface area contributed by atoms with Gasteiger partial charge in [-0.2, -0.15) is 0 Å². The normalized spacial score (nSPS) is 10.5. The Bertz CT molecular complexity index is 1200. The first-order valence-electron chi connectivity index (χ1n) is 9.87. The van der Waals surface area contributed by atoms with Crippen LogP contribution in [0.5, 0.6) is 0 Å². The maximum absolute atomic E-state index is 13.0. The number of anilines is 1. The molecule has 0 aliphatic heterocycles. The summed E-state index contributed by atoms with van der Waals surface area (Å²) in [6.07, 6.45) is 0. The minimum absolute atomic E-state index is 0.222. The van der Waals surface area contributed by atoms with Crippen molar-refractivity contribution in [1.29, 1.82) is 0 Å². The Labute approximate surface area is 184 Å². The summed E-state index contributed by atoms with van der Waals surface area (Å²) in [5, 5.41) is 6.17. The molecule has 6 heteroatoms. The quantitative estimate of drug-likeness (QED) is 0.439. The van der Waals surface area contributed by atoms with E-state index in [2.05, 4.69) is 15.6 Å². The van der Waals surface area contributed by atoms with Crippen molar-refractivity contribution in [2.45, 2.75) is 13.5 Å². The lowest BCUT2D eigenvalue weighted by atomic mass is 10.0. The minimum atomic E-state index is -0.262. The lowest BCUT2D eigenvalue weighted by Gasteiger charge is -2.07. The number of carbonyl (C=O) groups is 2. The molecule has 0 fully saturated rings. The third kappa shape index (κ3) is 4.87. The largest absolute Gasteiger partial charge is 0.347 e. The SMILES string of the molecule is Cc1ccccc1-c1nc(NC(=O)c2ccccc2)sc1C(=O)NCc1ccccc1. The highest BCUT2D eigenvalue weighted by Crippen LogP contribution is 2.33. The number of amides is 2. The second-order valence-electron chi connectivity index (χ2n) is 7.00. The van der Waals surface area contributed by atoms with E-state index in [-0.39, 0.29) is 11.8 Å². The number of nitrogens with one attached hydrogen (secondary N) is 2. The molecule has 2 amide bonds. The maximum atomic E-state index is 13.0. The first kappa shape index (κ1) is 20.5. The lowest BCUT2D eigenvalue weighted by Crippen LogP contribution is -2.22. The third-order valence-electron chi connectivity index (χ3n) is 4.79. The van der Waals surface area contributed by atoms with Crippen molar-refractivity contribution >= 4 is 28.3 Å². The van der Waals surface area contributed by atoms with E-state index in [1.165, 1.54) is 11.3 Å². The van der Waals surface area contributed by atoms with Crippen LogP contribution in [0.2, 0.25) is 0 Å². The number of aryl methyl sites for hydroxylation is 1. The van der Waals surface area contributed by atoms with Gasteiger partial charge in [0.2, 0.25) is 0 Å². The van der Waals surface area contributed by atoms with Gasteiger partial charge in [-0.15, -0.1) is 0 Å². The fourth-order valence-corrected chi connectivity index (χ4v) is 4.06. The smallest absolute Gasteiger partial charge is 0.264 e. The van der Waals surface area contributed by atoms with Crippen LogP contribution in [0.1, 0.15) is 31.2 Å². The van der Waals surface area contributed by atoms with Gasteiger partial charge >= 0.3 is 0 Å². The molecule has 0 radical (unpaired) electrons. The molecule has 3 aromatic carbocycles. The number of benzene rings is 3. The Balaban J connectivity index is 1.63. The average Bonchev–Trinajstić information content (AvgIpc) is 3.22. The molecule has 0 unspecified atom stereocenters. The van der Waals surface area contributed by atoms with Crippen LogP contribution in [0.25, 0.3) is 11.3 Å². The molecule has 154 valence electrons. The fourth-order valence-electron chi connectivity index (χ4n) is 3.17. The van der Waals surface area contributed by atoms with Crippen LogP contribution < -0.4 is 10.6 Å². The highest BCUT2D eigenvalue weighted by Gasteiger charge is 2.21. The first-order chi connectivity index (χ1) is 15.1. The zero-order valence-electron chi connectivity index (χ0n) is 17.0. The number of rotatable bonds is 6. The molecule has 2 N–H and O–H groups in total. The Hall–Kier alpha value is -3.77. The standard InChI is InChI=1S/C25H21N3O2S/c1-17-10-8-9-15-20(17)21-22(24(30)26-16-18-11-4-2-5-12-18)31-25(27-21)28-23(29)19-13-6-3-7-14-19/h2-15H,16H2,1H3,(H,26,30)(H,27,28,29). The predicted molar refractivity (Wildman–Crippen MR) is 124 cm³/mol. The number of aromatic nitrogens is 1. The van der Waals surface area contributed by atoms with Gasteiger partial charge in [0.05, 0.1) is 5.69 Å². The van der Waals surface area contributed by atoms with E-state index in [1.54, 1.807) is 24.3 Å². The third-order valence-corrected chi connectivity index (χ3v) is 5.76. The van der Waals surface area contributed by atoms with Gasteiger partial charge in [0.1, 0.15) is 4.88 Å². The molecule has 0 aliphatic rings. The van der Waals surface area contributed by atoms with E-state index < -0.39 is 0 Å². The van der Waals surface area contributed by atoms with Gasteiger partial charge in [-0.1, -0.05) is 84.1 Å². The highest BCUT2D eigenvalue weighted by atomic mass is 32.1. The van der Waals surface area contributed by atoms with Crippen LogP contribution in [0, 0.1) is 6.92 Å². The van der Waals surface area contributed by atoms with Crippen molar-refractivity contribution < 1.29 is 9.59 Å². The summed E-state index contributed by atoms with van der Waals surface area (Å²) in [5.74, 6) is -0.484. The molecule has 4 rings (SSSR count). The molecule has 1 heterocycles. The average molecular weight is 428 g/mol. The molecule has 0 saturated heterocycles. The Morgan fingerprint density at radius 2 is 1.48 bits per heavy atom. The Morgan fingerprint density at radius 1 is 0.839 bits per heavy atom. The van der Waals surface area contributed by atoms with Gasteiger partial charge in [0.25, 0.3) is 11.8 Å². The van der Waals surface area contributed by atoms with Crippen LogP contribution in [-0.4, -0.2) is 16.8 Å². The number of nitrogens with zero attached hydrogens (tertiary/aromatic N) is 1. The van der Waals surface area contributed by atoms with Gasteiger partial charge in [0, 0.05) is 17.7 Å². The summed E-state index contributed by atoms with van der Waals surface area (Å²) in [6.45, 7) is 2.39. The Kier molecular flexibility index (Phi) is 6.19. The fraction of sp³-hybridized carbons (Fsp3) is 0.0800. The topological polar surface area (TPSA) is 71.1 Å². The van der Waals surface area contributed by atoms with Gasteiger partial charge in [-0.3, -0.25) is 14.9 Å². The second kappa shape index (κ2) is 9.36. The molecule has 0 bridgehead atoms. The van der Waals surface area contributed by atoms with Crippen molar-refractivity contribution in [3.8, 4) is 11.3 Å². The zero-order valence-corrected chi connectivity index (χ0v) is 17.8. The molecule has 0 aliphatic carbocycles. The molecular formula is C25H21N3O2S. The molecule has 31 heavy (non-hydrogen) atoms. The molecule has 4 aromatic rings. The molecule has 0 atom stereocenters. The van der Waals surface area contributed by atoms with E-state index in [4.69, 9.17) is 0 Å². The van der Waals surface area contributed by atoms with Gasteiger partial charge in [0.15, 0.2) is 5.13 Å². The van der Waals surface area contributed by atoms with Crippen LogP contribution in [0.15, 0.2) is 84.9 Å². The summed E-state index contributed by atoms with van der Waals surface area (Å²) >= 11 is 1.17. The van der Waals surface area contributed by atoms with E-state index in [0.29, 0.717) is 27.8 Å². The summed E-state index contributed by atoms with van der Waals surface area (Å²) in [6, 6.07) is 26.4. The number of hydrogen-bond acceptors (Lipinski definition) is 4. The van der Waals surface area contributed by atoms with Crippen molar-refractivity contribution in [2.75, 3.05) is 5.32 Å². The molecular weight excluding hydrogens is 406 g/mol. The van der Waals surface area contributed by atoms with Crippen LogP contribution in [0.3, 0.4) is 0 Å². The Morgan fingerprint density at radius 3 is 2.19 bits per heavy atom. The highest BCUT2D eigenvalue weighted by molar-refractivity contribution is 7.18. The van der Waals surface area contributed by atoms with E-state index in [1.807, 2.05) is 67.6 Å².